The molecular formula is C18H19N3O. The first-order chi connectivity index (χ1) is 10.7. The van der Waals surface area contributed by atoms with E-state index in [-0.39, 0.29) is 5.69 Å². The molecule has 4 nitrogen and oxygen atoms in total. The van der Waals surface area contributed by atoms with Gasteiger partial charge in [0.25, 0.3) is 0 Å². The molecule has 0 aliphatic carbocycles. The number of nitrogens with one attached hydrogen (secondary N) is 1. The van der Waals surface area contributed by atoms with Crippen LogP contribution in [-0.2, 0) is 6.54 Å². The van der Waals surface area contributed by atoms with Gasteiger partial charge >= 0.3 is 5.69 Å². The molecule has 0 saturated carbocycles. The van der Waals surface area contributed by atoms with Gasteiger partial charge < -0.3 is 0 Å². The summed E-state index contributed by atoms with van der Waals surface area (Å²) in [7, 11) is 0. The molecule has 0 bridgehead atoms. The van der Waals surface area contributed by atoms with Gasteiger partial charge in [0.2, 0.25) is 0 Å². The zero-order valence-corrected chi connectivity index (χ0v) is 12.8. The van der Waals surface area contributed by atoms with Crippen molar-refractivity contribution in [3.63, 3.8) is 0 Å². The van der Waals surface area contributed by atoms with Gasteiger partial charge in [-0.25, -0.2) is 9.89 Å². The summed E-state index contributed by atoms with van der Waals surface area (Å²) in [5, 5.41) is 6.83. The molecule has 1 aromatic heterocycles. The van der Waals surface area contributed by atoms with Gasteiger partial charge in [0.1, 0.15) is 0 Å². The van der Waals surface area contributed by atoms with Crippen LogP contribution in [0.1, 0.15) is 13.8 Å². The third-order valence-corrected chi connectivity index (χ3v) is 3.56. The second-order valence-corrected chi connectivity index (χ2v) is 5.77. The lowest BCUT2D eigenvalue weighted by Crippen LogP contribution is -2.20. The van der Waals surface area contributed by atoms with Crippen molar-refractivity contribution in [1.82, 2.24) is 14.8 Å². The van der Waals surface area contributed by atoms with Gasteiger partial charge in [-0.3, -0.25) is 4.57 Å². The predicted molar refractivity (Wildman–Crippen MR) is 88.6 cm³/mol. The van der Waals surface area contributed by atoms with E-state index < -0.39 is 0 Å². The summed E-state index contributed by atoms with van der Waals surface area (Å²) in [6.07, 6.45) is 0. The van der Waals surface area contributed by atoms with Gasteiger partial charge in [0, 0.05) is 12.1 Å². The fraction of sp³-hybridized carbons (Fsp3) is 0.222. The van der Waals surface area contributed by atoms with Crippen molar-refractivity contribution in [2.45, 2.75) is 20.4 Å². The van der Waals surface area contributed by atoms with Crippen LogP contribution in [0.5, 0.6) is 0 Å². The molecule has 0 saturated heterocycles. The van der Waals surface area contributed by atoms with Crippen molar-refractivity contribution in [2.75, 3.05) is 0 Å². The molecule has 0 amide bonds. The maximum atomic E-state index is 12.0. The Hall–Kier alpha value is -2.62. The highest BCUT2D eigenvalue weighted by Gasteiger charge is 2.15. The molecule has 1 heterocycles. The van der Waals surface area contributed by atoms with Crippen molar-refractivity contribution in [1.29, 1.82) is 0 Å². The first-order valence-corrected chi connectivity index (χ1v) is 7.47. The van der Waals surface area contributed by atoms with Gasteiger partial charge in [-0.15, -0.1) is 0 Å². The van der Waals surface area contributed by atoms with E-state index in [2.05, 4.69) is 42.2 Å². The molecule has 2 aromatic carbocycles. The van der Waals surface area contributed by atoms with Crippen LogP contribution in [0.2, 0.25) is 0 Å². The fourth-order valence-corrected chi connectivity index (χ4v) is 2.61. The topological polar surface area (TPSA) is 50.7 Å². The quantitative estimate of drug-likeness (QED) is 0.799. The number of nitrogens with zero attached hydrogens (tertiary/aromatic N) is 2. The molecule has 0 aliphatic rings. The standard InChI is InChI=1S/C18H19N3O/c1-13(2)12-21-17(19-20-18(21)22)16-11-7-6-10-15(16)14-8-4-3-5-9-14/h3-11,13H,12H2,1-2H3,(H,20,22). The smallest absolute Gasteiger partial charge is 0.275 e. The minimum absolute atomic E-state index is 0.161. The number of hydrogen-bond acceptors (Lipinski definition) is 2. The molecule has 0 fully saturated rings. The number of aromatic nitrogens is 3. The van der Waals surface area contributed by atoms with E-state index in [9.17, 15) is 4.79 Å². The highest BCUT2D eigenvalue weighted by Crippen LogP contribution is 2.30. The second-order valence-electron chi connectivity index (χ2n) is 5.77. The summed E-state index contributed by atoms with van der Waals surface area (Å²) in [6.45, 7) is 4.83. The zero-order valence-electron chi connectivity index (χ0n) is 12.8. The molecule has 4 heteroatoms. The van der Waals surface area contributed by atoms with E-state index >= 15 is 0 Å². The van der Waals surface area contributed by atoms with Crippen LogP contribution in [0.4, 0.5) is 0 Å². The summed E-state index contributed by atoms with van der Waals surface area (Å²) < 4.78 is 1.71. The Kier molecular flexibility index (Phi) is 3.92. The van der Waals surface area contributed by atoms with E-state index in [0.29, 0.717) is 18.3 Å². The Morgan fingerprint density at radius 1 is 1.00 bits per heavy atom. The number of benzene rings is 2. The Morgan fingerprint density at radius 3 is 2.32 bits per heavy atom. The van der Waals surface area contributed by atoms with Crippen molar-refractivity contribution < 1.29 is 0 Å². The lowest BCUT2D eigenvalue weighted by molar-refractivity contribution is 0.515. The largest absolute Gasteiger partial charge is 0.343 e. The van der Waals surface area contributed by atoms with E-state index in [1.165, 1.54) is 0 Å². The van der Waals surface area contributed by atoms with Crippen molar-refractivity contribution in [3.8, 4) is 22.5 Å². The third kappa shape index (κ3) is 2.72. The fourth-order valence-electron chi connectivity index (χ4n) is 2.61. The number of aromatic amines is 1. The SMILES string of the molecule is CC(C)Cn1c(-c2ccccc2-c2ccccc2)n[nH]c1=O. The zero-order chi connectivity index (χ0) is 15.5. The molecule has 112 valence electrons. The van der Waals surface area contributed by atoms with E-state index in [4.69, 9.17) is 0 Å². The van der Waals surface area contributed by atoms with Crippen molar-refractivity contribution in [2.24, 2.45) is 5.92 Å². The Labute approximate surface area is 129 Å². The van der Waals surface area contributed by atoms with Gasteiger partial charge in [0.15, 0.2) is 5.82 Å². The maximum Gasteiger partial charge on any atom is 0.343 e. The van der Waals surface area contributed by atoms with Crippen LogP contribution < -0.4 is 5.69 Å². The van der Waals surface area contributed by atoms with E-state index in [0.717, 1.165) is 16.7 Å². The van der Waals surface area contributed by atoms with Crippen molar-refractivity contribution >= 4 is 0 Å². The van der Waals surface area contributed by atoms with Gasteiger partial charge in [0.05, 0.1) is 0 Å². The lowest BCUT2D eigenvalue weighted by Gasteiger charge is -2.12. The first-order valence-electron chi connectivity index (χ1n) is 7.47. The molecule has 0 aliphatic heterocycles. The molecule has 3 rings (SSSR count). The first kappa shape index (κ1) is 14.3. The second kappa shape index (κ2) is 6.02. The van der Waals surface area contributed by atoms with Crippen LogP contribution >= 0.6 is 0 Å². The molecule has 22 heavy (non-hydrogen) atoms. The maximum absolute atomic E-state index is 12.0. The number of rotatable bonds is 4. The molecule has 0 atom stereocenters. The average molecular weight is 293 g/mol. The van der Waals surface area contributed by atoms with Crippen LogP contribution in [-0.4, -0.2) is 14.8 Å². The third-order valence-electron chi connectivity index (χ3n) is 3.56. The Bertz CT molecular complexity index is 816. The minimum atomic E-state index is -0.161. The summed E-state index contributed by atoms with van der Waals surface area (Å²) in [5.74, 6) is 1.07. The Morgan fingerprint density at radius 2 is 1.64 bits per heavy atom. The molecule has 1 N–H and O–H groups in total. The molecule has 0 spiro atoms. The molecule has 0 radical (unpaired) electrons. The summed E-state index contributed by atoms with van der Waals surface area (Å²) >= 11 is 0. The Balaban J connectivity index is 2.17. The minimum Gasteiger partial charge on any atom is -0.275 e. The number of H-pyrrole nitrogens is 1. The monoisotopic (exact) mass is 293 g/mol. The molecule has 3 aromatic rings. The van der Waals surface area contributed by atoms with Crippen LogP contribution in [0.25, 0.3) is 22.5 Å². The van der Waals surface area contributed by atoms with Gasteiger partial charge in [-0.05, 0) is 17.0 Å². The summed E-state index contributed by atoms with van der Waals surface area (Å²) in [5.41, 5.74) is 3.00. The summed E-state index contributed by atoms with van der Waals surface area (Å²) in [4.78, 5) is 12.0. The van der Waals surface area contributed by atoms with Gasteiger partial charge in [-0.1, -0.05) is 68.4 Å². The highest BCUT2D eigenvalue weighted by molar-refractivity contribution is 5.80. The highest BCUT2D eigenvalue weighted by atomic mass is 16.1. The average Bonchev–Trinajstić information content (AvgIpc) is 2.89. The van der Waals surface area contributed by atoms with Crippen LogP contribution in [0, 0.1) is 5.92 Å². The van der Waals surface area contributed by atoms with E-state index in [1.54, 1.807) is 4.57 Å². The van der Waals surface area contributed by atoms with Crippen molar-refractivity contribution in [3.05, 3.63) is 65.1 Å². The number of hydrogen-bond donors (Lipinski definition) is 1. The molecular weight excluding hydrogens is 274 g/mol. The predicted octanol–water partition coefficient (Wildman–Crippen LogP) is 3.56. The van der Waals surface area contributed by atoms with Crippen LogP contribution in [0.15, 0.2) is 59.4 Å². The van der Waals surface area contributed by atoms with E-state index in [1.807, 2.05) is 36.4 Å². The molecule has 0 unspecified atom stereocenters. The van der Waals surface area contributed by atoms with Crippen LogP contribution in [0.3, 0.4) is 0 Å². The lowest BCUT2D eigenvalue weighted by atomic mass is 9.99. The normalized spacial score (nSPS) is 11.0. The summed E-state index contributed by atoms with van der Waals surface area (Å²) in [6, 6.07) is 18.2. The van der Waals surface area contributed by atoms with Gasteiger partial charge in [-0.2, -0.15) is 5.10 Å².